The molecule has 3 aromatic carbocycles. The van der Waals surface area contributed by atoms with Crippen molar-refractivity contribution in [1.82, 2.24) is 10.2 Å². The molecule has 0 aliphatic carbocycles. The topological polar surface area (TPSA) is 86.8 Å². The van der Waals surface area contributed by atoms with E-state index < -0.39 is 16.1 Å². The van der Waals surface area contributed by atoms with Crippen LogP contribution in [0.1, 0.15) is 48.9 Å². The monoisotopic (exact) mass is 595 g/mol. The Hall–Kier alpha value is -3.72. The summed E-state index contributed by atoms with van der Waals surface area (Å²) < 4.78 is 40.5. The number of carbonyl (C=O) groups is 2. The standard InChI is InChI=1S/C33H42FN3O4S/c1-24(2)22-35-33(39)31(21-27-10-7-6-8-11-27)36(23-28-15-17-29(34)18-16-28)32(38)12-9-19-37(42(5,40)41)30-20-25(3)13-14-26(30)4/h6-8,10-11,13-18,20,24,31H,9,12,19,21-23H2,1-5H3,(H,35,39). The van der Waals surface area contributed by atoms with Crippen LogP contribution in [0.3, 0.4) is 0 Å². The smallest absolute Gasteiger partial charge is 0.243 e. The average Bonchev–Trinajstić information content (AvgIpc) is 2.94. The predicted molar refractivity (Wildman–Crippen MR) is 166 cm³/mol. The van der Waals surface area contributed by atoms with Gasteiger partial charge in [0.1, 0.15) is 11.9 Å². The van der Waals surface area contributed by atoms with Gasteiger partial charge in [-0.05, 0) is 66.6 Å². The molecule has 3 rings (SSSR count). The van der Waals surface area contributed by atoms with E-state index >= 15 is 0 Å². The summed E-state index contributed by atoms with van der Waals surface area (Å²) in [6.45, 7) is 8.43. The fourth-order valence-corrected chi connectivity index (χ4v) is 5.75. The molecule has 42 heavy (non-hydrogen) atoms. The van der Waals surface area contributed by atoms with Crippen molar-refractivity contribution >= 4 is 27.5 Å². The van der Waals surface area contributed by atoms with E-state index in [2.05, 4.69) is 5.32 Å². The normalized spacial score (nSPS) is 12.2. The zero-order valence-corrected chi connectivity index (χ0v) is 26.0. The van der Waals surface area contributed by atoms with Crippen LogP contribution in [0.15, 0.2) is 72.8 Å². The summed E-state index contributed by atoms with van der Waals surface area (Å²) in [5.74, 6) is -0.718. The third-order valence-electron chi connectivity index (χ3n) is 7.01. The van der Waals surface area contributed by atoms with Gasteiger partial charge in [-0.2, -0.15) is 0 Å². The third-order valence-corrected chi connectivity index (χ3v) is 8.19. The zero-order chi connectivity index (χ0) is 30.9. The maximum absolute atomic E-state index is 13.9. The van der Waals surface area contributed by atoms with Crippen LogP contribution in [-0.4, -0.2) is 50.5 Å². The van der Waals surface area contributed by atoms with Crippen molar-refractivity contribution in [3.05, 3.63) is 101 Å². The summed E-state index contributed by atoms with van der Waals surface area (Å²) in [5.41, 5.74) is 3.93. The van der Waals surface area contributed by atoms with Crippen LogP contribution in [0.25, 0.3) is 0 Å². The van der Waals surface area contributed by atoms with Gasteiger partial charge < -0.3 is 10.2 Å². The molecule has 0 aliphatic heterocycles. The Morgan fingerprint density at radius 1 is 0.929 bits per heavy atom. The number of aryl methyl sites for hydroxylation is 2. The van der Waals surface area contributed by atoms with E-state index in [1.807, 2.05) is 76.2 Å². The van der Waals surface area contributed by atoms with E-state index in [1.165, 1.54) is 16.4 Å². The lowest BCUT2D eigenvalue weighted by molar-refractivity contribution is -0.141. The van der Waals surface area contributed by atoms with Crippen LogP contribution in [0.5, 0.6) is 0 Å². The molecule has 226 valence electrons. The first-order valence-corrected chi connectivity index (χ1v) is 16.1. The van der Waals surface area contributed by atoms with Crippen molar-refractivity contribution in [3.63, 3.8) is 0 Å². The predicted octanol–water partition coefficient (Wildman–Crippen LogP) is 5.40. The molecule has 0 heterocycles. The van der Waals surface area contributed by atoms with Gasteiger partial charge in [0.25, 0.3) is 0 Å². The highest BCUT2D eigenvalue weighted by Crippen LogP contribution is 2.25. The first-order chi connectivity index (χ1) is 19.8. The summed E-state index contributed by atoms with van der Waals surface area (Å²) in [5, 5.41) is 2.98. The van der Waals surface area contributed by atoms with Gasteiger partial charge in [-0.1, -0.05) is 68.4 Å². The van der Waals surface area contributed by atoms with E-state index in [4.69, 9.17) is 0 Å². The Labute approximate surface area is 249 Å². The number of anilines is 1. The van der Waals surface area contributed by atoms with Crippen molar-refractivity contribution in [1.29, 1.82) is 0 Å². The molecular formula is C33H42FN3O4S. The van der Waals surface area contributed by atoms with Gasteiger partial charge in [-0.3, -0.25) is 13.9 Å². The van der Waals surface area contributed by atoms with Crippen LogP contribution in [0.4, 0.5) is 10.1 Å². The van der Waals surface area contributed by atoms with Crippen molar-refractivity contribution in [2.45, 2.75) is 59.5 Å². The first kappa shape index (κ1) is 32.8. The van der Waals surface area contributed by atoms with E-state index in [0.29, 0.717) is 24.2 Å². The molecule has 0 aromatic heterocycles. The molecule has 0 saturated carbocycles. The number of nitrogens with one attached hydrogen (secondary N) is 1. The van der Waals surface area contributed by atoms with Gasteiger partial charge in [-0.15, -0.1) is 0 Å². The van der Waals surface area contributed by atoms with Crippen LogP contribution in [0.2, 0.25) is 0 Å². The minimum Gasteiger partial charge on any atom is -0.354 e. The van der Waals surface area contributed by atoms with E-state index in [1.54, 1.807) is 17.0 Å². The Morgan fingerprint density at radius 2 is 1.60 bits per heavy atom. The number of sulfonamides is 1. The van der Waals surface area contributed by atoms with Gasteiger partial charge in [0.05, 0.1) is 11.9 Å². The highest BCUT2D eigenvalue weighted by atomic mass is 32.2. The summed E-state index contributed by atoms with van der Waals surface area (Å²) in [6, 6.07) is 20.2. The van der Waals surface area contributed by atoms with Crippen LogP contribution in [0, 0.1) is 25.6 Å². The number of nitrogens with zero attached hydrogens (tertiary/aromatic N) is 2. The molecule has 1 unspecified atom stereocenters. The van der Waals surface area contributed by atoms with Gasteiger partial charge in [-0.25, -0.2) is 12.8 Å². The number of benzene rings is 3. The van der Waals surface area contributed by atoms with Crippen LogP contribution >= 0.6 is 0 Å². The molecule has 0 bridgehead atoms. The van der Waals surface area contributed by atoms with Crippen LogP contribution in [-0.2, 0) is 32.6 Å². The molecule has 9 heteroatoms. The molecule has 7 nitrogen and oxygen atoms in total. The lowest BCUT2D eigenvalue weighted by atomic mass is 10.0. The molecule has 2 amide bonds. The summed E-state index contributed by atoms with van der Waals surface area (Å²) in [6.07, 6.45) is 1.74. The molecule has 0 aliphatic rings. The Morgan fingerprint density at radius 3 is 2.21 bits per heavy atom. The fourth-order valence-electron chi connectivity index (χ4n) is 4.73. The molecular weight excluding hydrogens is 553 g/mol. The van der Waals surface area contributed by atoms with E-state index in [9.17, 15) is 22.4 Å². The van der Waals surface area contributed by atoms with Gasteiger partial charge in [0, 0.05) is 32.5 Å². The molecule has 1 atom stereocenters. The fraction of sp³-hybridized carbons (Fsp3) is 0.394. The minimum absolute atomic E-state index is 0.0286. The number of carbonyl (C=O) groups excluding carboxylic acids is 2. The van der Waals surface area contributed by atoms with E-state index in [-0.39, 0.29) is 49.5 Å². The highest BCUT2D eigenvalue weighted by molar-refractivity contribution is 7.92. The first-order valence-electron chi connectivity index (χ1n) is 14.3. The second-order valence-corrected chi connectivity index (χ2v) is 13.1. The number of hydrogen-bond donors (Lipinski definition) is 1. The number of hydrogen-bond acceptors (Lipinski definition) is 4. The second kappa shape index (κ2) is 15.0. The Kier molecular flexibility index (Phi) is 11.7. The number of amides is 2. The largest absolute Gasteiger partial charge is 0.354 e. The van der Waals surface area contributed by atoms with Gasteiger partial charge >= 0.3 is 0 Å². The second-order valence-electron chi connectivity index (χ2n) is 11.2. The lowest BCUT2D eigenvalue weighted by Gasteiger charge is -2.32. The maximum Gasteiger partial charge on any atom is 0.243 e. The molecule has 0 radical (unpaired) electrons. The molecule has 3 aromatic rings. The molecule has 0 saturated heterocycles. The van der Waals surface area contributed by atoms with E-state index in [0.717, 1.165) is 22.9 Å². The van der Waals surface area contributed by atoms with Crippen molar-refractivity contribution in [3.8, 4) is 0 Å². The SMILES string of the molecule is Cc1ccc(C)c(N(CCCC(=O)N(Cc2ccc(F)cc2)C(Cc2ccccc2)C(=O)NCC(C)C)S(C)(=O)=O)c1. The Balaban J connectivity index is 1.89. The maximum atomic E-state index is 13.9. The van der Waals surface area contributed by atoms with Crippen LogP contribution < -0.4 is 9.62 Å². The summed E-state index contributed by atoms with van der Waals surface area (Å²) >= 11 is 0. The summed E-state index contributed by atoms with van der Waals surface area (Å²) in [4.78, 5) is 29.0. The quantitative estimate of drug-likeness (QED) is 0.270. The van der Waals surface area contributed by atoms with Crippen molar-refractivity contribution in [2.24, 2.45) is 5.92 Å². The molecule has 1 N–H and O–H groups in total. The third kappa shape index (κ3) is 9.69. The van der Waals surface area contributed by atoms with Gasteiger partial charge in [0.2, 0.25) is 21.8 Å². The lowest BCUT2D eigenvalue weighted by Crippen LogP contribution is -2.51. The van der Waals surface area contributed by atoms with Crippen molar-refractivity contribution < 1.29 is 22.4 Å². The molecule has 0 spiro atoms. The highest BCUT2D eigenvalue weighted by Gasteiger charge is 2.30. The minimum atomic E-state index is -3.61. The van der Waals surface area contributed by atoms with Crippen molar-refractivity contribution in [2.75, 3.05) is 23.7 Å². The number of halogens is 1. The zero-order valence-electron chi connectivity index (χ0n) is 25.1. The Bertz CT molecular complexity index is 1440. The van der Waals surface area contributed by atoms with Gasteiger partial charge in [0.15, 0.2) is 0 Å². The summed E-state index contributed by atoms with van der Waals surface area (Å²) in [7, 11) is -3.61. The number of rotatable bonds is 14. The molecule has 0 fully saturated rings. The average molecular weight is 596 g/mol.